The molecule has 1 aromatic carbocycles. The highest BCUT2D eigenvalue weighted by atomic mass is 79.9. The number of halogens is 1. The lowest BCUT2D eigenvalue weighted by Crippen LogP contribution is -2.03. The molecule has 0 unspecified atom stereocenters. The molecular weight excluding hydrogens is 310 g/mol. The Bertz CT molecular complexity index is 599. The number of aryl methyl sites for hydroxylation is 1. The predicted molar refractivity (Wildman–Crippen MR) is 77.1 cm³/mol. The highest BCUT2D eigenvalue weighted by Crippen LogP contribution is 2.28. The van der Waals surface area contributed by atoms with Crippen LogP contribution >= 0.6 is 15.9 Å². The van der Waals surface area contributed by atoms with Crippen LogP contribution in [-0.4, -0.2) is 9.91 Å². The van der Waals surface area contributed by atoms with Gasteiger partial charge in [-0.15, -0.1) is 0 Å². The van der Waals surface area contributed by atoms with Crippen LogP contribution in [0.5, 0.6) is 0 Å². The van der Waals surface area contributed by atoms with Gasteiger partial charge in [-0.3, -0.25) is 15.1 Å². The molecule has 98 valence electrons. The highest BCUT2D eigenvalue weighted by molar-refractivity contribution is 9.10. The van der Waals surface area contributed by atoms with Crippen LogP contribution in [0.25, 0.3) is 0 Å². The lowest BCUT2D eigenvalue weighted by atomic mass is 10.2. The molecule has 0 saturated carbocycles. The number of hydrogen-bond acceptors (Lipinski definition) is 4. The van der Waals surface area contributed by atoms with Gasteiger partial charge in [0.15, 0.2) is 0 Å². The lowest BCUT2D eigenvalue weighted by molar-refractivity contribution is -0.384. The molecule has 0 aliphatic carbocycles. The molecule has 0 saturated heterocycles. The third-order valence-corrected chi connectivity index (χ3v) is 3.11. The van der Waals surface area contributed by atoms with Crippen molar-refractivity contribution in [2.75, 3.05) is 5.32 Å². The van der Waals surface area contributed by atoms with Gasteiger partial charge in [0.2, 0.25) is 0 Å². The van der Waals surface area contributed by atoms with Gasteiger partial charge in [0.25, 0.3) is 5.69 Å². The number of pyridine rings is 1. The molecule has 0 amide bonds. The number of nitro benzene ring substituents is 1. The summed E-state index contributed by atoms with van der Waals surface area (Å²) in [6, 6.07) is 8.79. The monoisotopic (exact) mass is 321 g/mol. The maximum atomic E-state index is 11.0. The van der Waals surface area contributed by atoms with Crippen LogP contribution in [0.3, 0.4) is 0 Å². The Balaban J connectivity index is 2.15. The van der Waals surface area contributed by atoms with Crippen molar-refractivity contribution < 1.29 is 4.92 Å². The summed E-state index contributed by atoms with van der Waals surface area (Å²) in [5.74, 6) is 0. The van der Waals surface area contributed by atoms with Gasteiger partial charge in [-0.1, -0.05) is 22.0 Å². The van der Waals surface area contributed by atoms with E-state index in [1.807, 2.05) is 19.1 Å². The molecule has 0 radical (unpaired) electrons. The van der Waals surface area contributed by atoms with E-state index in [2.05, 4.69) is 26.2 Å². The minimum absolute atomic E-state index is 0.0504. The molecule has 0 atom stereocenters. The maximum Gasteiger partial charge on any atom is 0.293 e. The van der Waals surface area contributed by atoms with E-state index in [1.54, 1.807) is 18.3 Å². The second-order valence-electron chi connectivity index (χ2n) is 4.08. The second kappa shape index (κ2) is 5.79. The van der Waals surface area contributed by atoms with Gasteiger partial charge in [-0.05, 0) is 30.7 Å². The number of rotatable bonds is 4. The van der Waals surface area contributed by atoms with E-state index in [1.165, 1.54) is 6.07 Å². The number of nitrogens with one attached hydrogen (secondary N) is 1. The van der Waals surface area contributed by atoms with Gasteiger partial charge in [-0.25, -0.2) is 0 Å². The third kappa shape index (κ3) is 3.51. The molecule has 2 rings (SSSR count). The summed E-state index contributed by atoms with van der Waals surface area (Å²) in [5, 5.41) is 14.0. The Kier molecular flexibility index (Phi) is 4.11. The molecule has 1 N–H and O–H groups in total. The van der Waals surface area contributed by atoms with E-state index in [-0.39, 0.29) is 5.69 Å². The minimum Gasteiger partial charge on any atom is -0.375 e. The minimum atomic E-state index is -0.402. The topological polar surface area (TPSA) is 68.1 Å². The fraction of sp³-hybridized carbons (Fsp3) is 0.154. The van der Waals surface area contributed by atoms with Crippen LogP contribution in [0, 0.1) is 17.0 Å². The number of nitro groups is 1. The molecule has 0 fully saturated rings. The Labute approximate surface area is 119 Å². The van der Waals surface area contributed by atoms with Gasteiger partial charge < -0.3 is 5.32 Å². The molecule has 6 heteroatoms. The second-order valence-corrected chi connectivity index (χ2v) is 5.00. The Hall–Kier alpha value is -1.95. The Morgan fingerprint density at radius 2 is 2.16 bits per heavy atom. The summed E-state index contributed by atoms with van der Waals surface area (Å²) in [5.41, 5.74) is 2.46. The highest BCUT2D eigenvalue weighted by Gasteiger charge is 2.13. The van der Waals surface area contributed by atoms with Gasteiger partial charge >= 0.3 is 0 Å². The van der Waals surface area contributed by atoms with E-state index in [0.717, 1.165) is 11.3 Å². The fourth-order valence-electron chi connectivity index (χ4n) is 1.61. The van der Waals surface area contributed by atoms with Crippen LogP contribution in [0.2, 0.25) is 0 Å². The smallest absolute Gasteiger partial charge is 0.293 e. The third-order valence-electron chi connectivity index (χ3n) is 2.61. The van der Waals surface area contributed by atoms with Crippen LogP contribution in [0.15, 0.2) is 41.0 Å². The van der Waals surface area contributed by atoms with Gasteiger partial charge in [0.05, 0.1) is 4.92 Å². The number of benzene rings is 1. The first-order chi connectivity index (χ1) is 9.06. The van der Waals surface area contributed by atoms with E-state index in [9.17, 15) is 10.1 Å². The number of hydrogen-bond donors (Lipinski definition) is 1. The average molecular weight is 322 g/mol. The van der Waals surface area contributed by atoms with Crippen molar-refractivity contribution in [3.05, 3.63) is 62.4 Å². The number of aromatic nitrogens is 1. The normalized spacial score (nSPS) is 10.2. The summed E-state index contributed by atoms with van der Waals surface area (Å²) < 4.78 is 0.682. The molecule has 5 nitrogen and oxygen atoms in total. The predicted octanol–water partition coefficient (Wildman–Crippen LogP) is 3.67. The van der Waals surface area contributed by atoms with Gasteiger partial charge in [0, 0.05) is 29.0 Å². The van der Waals surface area contributed by atoms with Crippen molar-refractivity contribution in [3.8, 4) is 0 Å². The van der Waals surface area contributed by atoms with Crippen molar-refractivity contribution in [1.82, 2.24) is 4.98 Å². The number of anilines is 1. The van der Waals surface area contributed by atoms with Crippen molar-refractivity contribution >= 4 is 27.3 Å². The summed E-state index contributed by atoms with van der Waals surface area (Å²) in [7, 11) is 0. The van der Waals surface area contributed by atoms with Crippen molar-refractivity contribution in [2.24, 2.45) is 0 Å². The molecule has 1 aromatic heterocycles. The fourth-order valence-corrected chi connectivity index (χ4v) is 1.95. The zero-order valence-corrected chi connectivity index (χ0v) is 11.8. The molecule has 0 bridgehead atoms. The molecule has 19 heavy (non-hydrogen) atoms. The first kappa shape index (κ1) is 13.5. The summed E-state index contributed by atoms with van der Waals surface area (Å²) >= 11 is 3.23. The standard InChI is InChI=1S/C13H12BrN3O2/c1-9-2-3-10(7-15-9)8-16-12-5-4-11(14)6-13(12)17(18)19/h2-7,16H,8H2,1H3. The molecule has 0 aliphatic rings. The molecule has 2 aromatic rings. The van der Waals surface area contributed by atoms with Crippen LogP contribution in [-0.2, 0) is 6.54 Å². The van der Waals surface area contributed by atoms with Crippen molar-refractivity contribution in [3.63, 3.8) is 0 Å². The van der Waals surface area contributed by atoms with E-state index in [0.29, 0.717) is 16.7 Å². The SMILES string of the molecule is Cc1ccc(CNc2ccc(Br)cc2[N+](=O)[O-])cn1. The van der Waals surface area contributed by atoms with E-state index < -0.39 is 4.92 Å². The van der Waals surface area contributed by atoms with Crippen LogP contribution < -0.4 is 5.32 Å². The maximum absolute atomic E-state index is 11.0. The molecule has 0 spiro atoms. The van der Waals surface area contributed by atoms with Crippen LogP contribution in [0.4, 0.5) is 11.4 Å². The summed E-state index contributed by atoms with van der Waals surface area (Å²) in [6.07, 6.45) is 1.76. The zero-order valence-electron chi connectivity index (χ0n) is 10.3. The van der Waals surface area contributed by atoms with Gasteiger partial charge in [0.1, 0.15) is 5.69 Å². The quantitative estimate of drug-likeness (QED) is 0.689. The average Bonchev–Trinajstić information content (AvgIpc) is 2.39. The van der Waals surface area contributed by atoms with E-state index in [4.69, 9.17) is 0 Å². The zero-order chi connectivity index (χ0) is 13.8. The molecule has 0 aliphatic heterocycles. The van der Waals surface area contributed by atoms with Crippen molar-refractivity contribution in [2.45, 2.75) is 13.5 Å². The Morgan fingerprint density at radius 1 is 1.37 bits per heavy atom. The van der Waals surface area contributed by atoms with Gasteiger partial charge in [-0.2, -0.15) is 0 Å². The summed E-state index contributed by atoms with van der Waals surface area (Å²) in [6.45, 7) is 2.41. The largest absolute Gasteiger partial charge is 0.375 e. The Morgan fingerprint density at radius 3 is 2.79 bits per heavy atom. The first-order valence-corrected chi connectivity index (χ1v) is 6.45. The molecule has 1 heterocycles. The lowest BCUT2D eigenvalue weighted by Gasteiger charge is -2.07. The summed E-state index contributed by atoms with van der Waals surface area (Å²) in [4.78, 5) is 14.7. The van der Waals surface area contributed by atoms with Crippen molar-refractivity contribution in [1.29, 1.82) is 0 Å². The van der Waals surface area contributed by atoms with E-state index >= 15 is 0 Å². The number of nitrogens with zero attached hydrogens (tertiary/aromatic N) is 2. The first-order valence-electron chi connectivity index (χ1n) is 5.65. The molecular formula is C13H12BrN3O2. The van der Waals surface area contributed by atoms with Crippen LogP contribution in [0.1, 0.15) is 11.3 Å².